The Kier molecular flexibility index (Phi) is 33.8. The van der Waals surface area contributed by atoms with Crippen LogP contribution in [0.1, 0.15) is 181 Å². The van der Waals surface area contributed by atoms with E-state index in [1.165, 1.54) is 77.0 Å². The SMILES string of the molecule is CCCCCC/C=C/C=C/CCCCCCCC(=O)O[C@H](COC(=O)CCCCC/C=C/CCCCCCCCCC)COP(=O)(O)O. The van der Waals surface area contributed by atoms with E-state index in [1.807, 2.05) is 0 Å². The Labute approximate surface area is 293 Å². The smallest absolute Gasteiger partial charge is 0.462 e. The average Bonchev–Trinajstić information content (AvgIpc) is 3.05. The highest BCUT2D eigenvalue weighted by Gasteiger charge is 2.22. The van der Waals surface area contributed by atoms with E-state index in [1.54, 1.807) is 0 Å². The lowest BCUT2D eigenvalue weighted by Crippen LogP contribution is -2.29. The Morgan fingerprint density at radius 3 is 1.44 bits per heavy atom. The largest absolute Gasteiger partial charge is 0.469 e. The first-order valence-corrected chi connectivity index (χ1v) is 20.8. The van der Waals surface area contributed by atoms with Crippen LogP contribution in [0.4, 0.5) is 0 Å². The van der Waals surface area contributed by atoms with Gasteiger partial charge in [0.15, 0.2) is 6.10 Å². The van der Waals surface area contributed by atoms with Gasteiger partial charge in [0.25, 0.3) is 0 Å². The van der Waals surface area contributed by atoms with Crippen LogP contribution in [0.3, 0.4) is 0 Å². The highest BCUT2D eigenvalue weighted by Crippen LogP contribution is 2.36. The molecular formula is C39H71O8P. The second kappa shape index (κ2) is 35.1. The monoisotopic (exact) mass is 698 g/mol. The molecule has 0 radical (unpaired) electrons. The summed E-state index contributed by atoms with van der Waals surface area (Å²) in [5.41, 5.74) is 0. The molecule has 280 valence electrons. The van der Waals surface area contributed by atoms with E-state index in [0.717, 1.165) is 64.2 Å². The lowest BCUT2D eigenvalue weighted by atomic mass is 10.1. The highest BCUT2D eigenvalue weighted by molar-refractivity contribution is 7.46. The summed E-state index contributed by atoms with van der Waals surface area (Å²) in [7, 11) is -4.76. The Hall–Kier alpha value is -1.73. The van der Waals surface area contributed by atoms with Crippen LogP contribution in [0.2, 0.25) is 0 Å². The summed E-state index contributed by atoms with van der Waals surface area (Å²) in [5.74, 6) is -0.920. The summed E-state index contributed by atoms with van der Waals surface area (Å²) >= 11 is 0. The fourth-order valence-electron chi connectivity index (χ4n) is 5.24. The van der Waals surface area contributed by atoms with Gasteiger partial charge in [-0.05, 0) is 64.2 Å². The van der Waals surface area contributed by atoms with Crippen molar-refractivity contribution < 1.29 is 37.9 Å². The molecule has 0 aromatic rings. The molecule has 0 aromatic carbocycles. The summed E-state index contributed by atoms with van der Waals surface area (Å²) in [6.07, 6.45) is 40.0. The van der Waals surface area contributed by atoms with Gasteiger partial charge < -0.3 is 19.3 Å². The zero-order valence-corrected chi connectivity index (χ0v) is 31.5. The first-order chi connectivity index (χ1) is 23.3. The van der Waals surface area contributed by atoms with Crippen molar-refractivity contribution in [1.82, 2.24) is 0 Å². The number of hydrogen-bond acceptors (Lipinski definition) is 6. The van der Waals surface area contributed by atoms with Gasteiger partial charge in [-0.3, -0.25) is 14.1 Å². The fraction of sp³-hybridized carbons (Fsp3) is 0.795. The molecule has 0 amide bonds. The molecule has 0 unspecified atom stereocenters. The van der Waals surface area contributed by atoms with Crippen molar-refractivity contribution in [3.05, 3.63) is 36.5 Å². The Bertz CT molecular complexity index is 879. The number of hydrogen-bond donors (Lipinski definition) is 2. The van der Waals surface area contributed by atoms with E-state index in [2.05, 4.69) is 54.8 Å². The zero-order chi connectivity index (χ0) is 35.4. The minimum absolute atomic E-state index is 0.191. The van der Waals surface area contributed by atoms with Gasteiger partial charge in [-0.2, -0.15) is 0 Å². The molecular weight excluding hydrogens is 627 g/mol. The molecule has 48 heavy (non-hydrogen) atoms. The molecule has 0 aliphatic rings. The predicted molar refractivity (Wildman–Crippen MR) is 198 cm³/mol. The second-order valence-electron chi connectivity index (χ2n) is 12.9. The number of rotatable bonds is 35. The summed E-state index contributed by atoms with van der Waals surface area (Å²) in [5, 5.41) is 0. The summed E-state index contributed by atoms with van der Waals surface area (Å²) in [4.78, 5) is 42.7. The number of carbonyl (C=O) groups is 2. The van der Waals surface area contributed by atoms with Gasteiger partial charge in [0.05, 0.1) is 6.61 Å². The molecule has 0 saturated heterocycles. The van der Waals surface area contributed by atoms with Crippen LogP contribution in [0.15, 0.2) is 36.5 Å². The van der Waals surface area contributed by atoms with E-state index >= 15 is 0 Å². The Balaban J connectivity index is 4.01. The van der Waals surface area contributed by atoms with Crippen molar-refractivity contribution in [2.45, 2.75) is 187 Å². The number of ether oxygens (including phenoxy) is 2. The maximum Gasteiger partial charge on any atom is 0.469 e. The first kappa shape index (κ1) is 46.3. The van der Waals surface area contributed by atoms with Crippen LogP contribution in [-0.2, 0) is 28.2 Å². The van der Waals surface area contributed by atoms with Crippen LogP contribution < -0.4 is 0 Å². The van der Waals surface area contributed by atoms with Gasteiger partial charge in [0, 0.05) is 12.8 Å². The Morgan fingerprint density at radius 1 is 0.542 bits per heavy atom. The molecule has 0 fully saturated rings. The predicted octanol–water partition coefficient (Wildman–Crippen LogP) is 11.4. The number of phosphoric ester groups is 1. The average molecular weight is 699 g/mol. The number of unbranched alkanes of at least 4 members (excludes halogenated alkanes) is 20. The molecule has 0 aliphatic carbocycles. The van der Waals surface area contributed by atoms with Gasteiger partial charge in [-0.15, -0.1) is 0 Å². The first-order valence-electron chi connectivity index (χ1n) is 19.3. The van der Waals surface area contributed by atoms with Crippen LogP contribution in [0.25, 0.3) is 0 Å². The number of phosphoric acid groups is 1. The topological polar surface area (TPSA) is 119 Å². The van der Waals surface area contributed by atoms with Gasteiger partial charge >= 0.3 is 19.8 Å². The lowest BCUT2D eigenvalue weighted by Gasteiger charge is -2.18. The minimum atomic E-state index is -4.76. The van der Waals surface area contributed by atoms with Crippen LogP contribution in [0, 0.1) is 0 Å². The summed E-state index contributed by atoms with van der Waals surface area (Å²) in [6, 6.07) is 0. The molecule has 0 aliphatic heterocycles. The quantitative estimate of drug-likeness (QED) is 0.0221. The highest BCUT2D eigenvalue weighted by atomic mass is 31.2. The third-order valence-corrected chi connectivity index (χ3v) is 8.64. The third kappa shape index (κ3) is 37.1. The van der Waals surface area contributed by atoms with Crippen molar-refractivity contribution in [2.24, 2.45) is 0 Å². The molecule has 0 spiro atoms. The molecule has 0 aromatic heterocycles. The van der Waals surface area contributed by atoms with E-state index in [4.69, 9.17) is 19.3 Å². The molecule has 0 rings (SSSR count). The van der Waals surface area contributed by atoms with E-state index in [-0.39, 0.29) is 19.4 Å². The van der Waals surface area contributed by atoms with E-state index in [9.17, 15) is 14.2 Å². The standard InChI is InChI=1S/C39H71O8P/c1-3-5-7-9-11-13-15-17-19-21-23-25-27-29-31-33-38(40)45-35-37(36-46-48(42,43)44)47-39(41)34-32-30-28-26-24-22-20-18-16-14-12-10-8-6-4-2/h14,16,18,20-21,23,37H,3-13,15,17,19,22,24-36H2,1-2H3,(H2,42,43,44)/b16-14+,20-18+,23-21+/t37-/m1/s1. The maximum absolute atomic E-state index is 12.4. The number of esters is 2. The number of carbonyl (C=O) groups excluding carboxylic acids is 2. The molecule has 9 heteroatoms. The van der Waals surface area contributed by atoms with Gasteiger partial charge in [-0.1, -0.05) is 140 Å². The molecule has 2 N–H and O–H groups in total. The molecule has 0 saturated carbocycles. The minimum Gasteiger partial charge on any atom is -0.462 e. The normalized spacial score (nSPS) is 12.8. The number of allylic oxidation sites excluding steroid dienone is 6. The van der Waals surface area contributed by atoms with Crippen molar-refractivity contribution >= 4 is 19.8 Å². The van der Waals surface area contributed by atoms with Crippen LogP contribution in [0.5, 0.6) is 0 Å². The second-order valence-corrected chi connectivity index (χ2v) is 14.2. The van der Waals surface area contributed by atoms with Crippen molar-refractivity contribution in [3.63, 3.8) is 0 Å². The van der Waals surface area contributed by atoms with Gasteiger partial charge in [0.2, 0.25) is 0 Å². The van der Waals surface area contributed by atoms with Crippen molar-refractivity contribution in [3.8, 4) is 0 Å². The zero-order valence-electron chi connectivity index (χ0n) is 30.6. The van der Waals surface area contributed by atoms with Gasteiger partial charge in [0.1, 0.15) is 6.61 Å². The van der Waals surface area contributed by atoms with E-state index < -0.39 is 32.5 Å². The lowest BCUT2D eigenvalue weighted by molar-refractivity contribution is -0.161. The summed E-state index contributed by atoms with van der Waals surface area (Å²) < 4.78 is 26.3. The van der Waals surface area contributed by atoms with Gasteiger partial charge in [-0.25, -0.2) is 4.57 Å². The van der Waals surface area contributed by atoms with Crippen LogP contribution >= 0.6 is 7.82 Å². The van der Waals surface area contributed by atoms with Crippen molar-refractivity contribution in [1.29, 1.82) is 0 Å². The molecule has 8 nitrogen and oxygen atoms in total. The maximum atomic E-state index is 12.4. The van der Waals surface area contributed by atoms with Crippen LogP contribution in [-0.4, -0.2) is 41.0 Å². The molecule has 0 bridgehead atoms. The fourth-order valence-corrected chi connectivity index (χ4v) is 5.60. The summed E-state index contributed by atoms with van der Waals surface area (Å²) in [6.45, 7) is 3.63. The Morgan fingerprint density at radius 2 is 0.938 bits per heavy atom. The van der Waals surface area contributed by atoms with E-state index in [0.29, 0.717) is 12.8 Å². The third-order valence-electron chi connectivity index (χ3n) is 8.16. The van der Waals surface area contributed by atoms with Crippen molar-refractivity contribution in [2.75, 3.05) is 13.2 Å². The molecule has 0 heterocycles. The molecule has 1 atom stereocenters.